The highest BCUT2D eigenvalue weighted by molar-refractivity contribution is 5.93. The van der Waals surface area contributed by atoms with E-state index in [0.717, 1.165) is 24.0 Å². The smallest absolute Gasteiger partial charge is 0.408 e. The molecule has 0 radical (unpaired) electrons. The van der Waals surface area contributed by atoms with E-state index in [1.807, 2.05) is 76.2 Å². The number of nitro benzene ring substituents is 1. The zero-order valence-electron chi connectivity index (χ0n) is 32.7. The van der Waals surface area contributed by atoms with Gasteiger partial charge in [0.15, 0.2) is 0 Å². The molecular formula is C42H54N4O10. The summed E-state index contributed by atoms with van der Waals surface area (Å²) in [6, 6.07) is 20.5. The predicted molar refractivity (Wildman–Crippen MR) is 209 cm³/mol. The summed E-state index contributed by atoms with van der Waals surface area (Å²) in [5, 5.41) is 18.9. The number of hydrogen-bond donors (Lipinski definition) is 3. The number of amides is 3. The molecule has 3 aromatic rings. The molecule has 3 aromatic carbocycles. The van der Waals surface area contributed by atoms with Crippen molar-refractivity contribution in [3.63, 3.8) is 0 Å². The number of unbranched alkanes of at least 4 members (excludes halogenated alkanes) is 1. The first kappa shape index (κ1) is 44.6. The molecule has 0 aliphatic carbocycles. The summed E-state index contributed by atoms with van der Waals surface area (Å²) in [5.74, 6) is -2.88. The highest BCUT2D eigenvalue weighted by Gasteiger charge is 2.32. The molecule has 0 saturated heterocycles. The summed E-state index contributed by atoms with van der Waals surface area (Å²) in [6.07, 6.45) is 0.847. The molecule has 0 heterocycles. The Morgan fingerprint density at radius 3 is 1.89 bits per heavy atom. The zero-order valence-corrected chi connectivity index (χ0v) is 32.7. The number of nitrogens with one attached hydrogen (secondary N) is 3. The Morgan fingerprint density at radius 2 is 1.30 bits per heavy atom. The van der Waals surface area contributed by atoms with Crippen molar-refractivity contribution in [2.24, 2.45) is 11.8 Å². The first-order valence-electron chi connectivity index (χ1n) is 19.0. The fraction of sp³-hybridized carbons (Fsp3) is 0.452. The molecule has 0 spiro atoms. The van der Waals surface area contributed by atoms with Gasteiger partial charge < -0.3 is 30.2 Å². The Morgan fingerprint density at radius 1 is 0.714 bits per heavy atom. The van der Waals surface area contributed by atoms with Crippen molar-refractivity contribution in [1.82, 2.24) is 16.0 Å². The van der Waals surface area contributed by atoms with Gasteiger partial charge in [-0.3, -0.25) is 24.5 Å². The lowest BCUT2D eigenvalue weighted by Gasteiger charge is -2.28. The van der Waals surface area contributed by atoms with Crippen LogP contribution in [-0.2, 0) is 53.0 Å². The van der Waals surface area contributed by atoms with Crippen molar-refractivity contribution < 1.29 is 43.1 Å². The summed E-state index contributed by atoms with van der Waals surface area (Å²) in [4.78, 5) is 76.9. The zero-order chi connectivity index (χ0) is 41.0. The third-order valence-corrected chi connectivity index (χ3v) is 8.99. The van der Waals surface area contributed by atoms with Crippen LogP contribution in [0.4, 0.5) is 10.5 Å². The SMILES string of the molecule is CCCC[C@H](C)[C@H](CC(=O)OCc1ccc([N+](=O)[O-])cc1)OC(=O)[C@@H](CC(C)C)NC(=O)[C@H](C)NC(=O)[C@H](Cc1ccccc1)NC(=O)OCc1ccccc1. The van der Waals surface area contributed by atoms with Crippen LogP contribution in [0.1, 0.15) is 83.4 Å². The maximum atomic E-state index is 13.7. The Kier molecular flexibility index (Phi) is 18.5. The van der Waals surface area contributed by atoms with Gasteiger partial charge in [-0.15, -0.1) is 0 Å². The minimum absolute atomic E-state index is 0.0000991. The lowest BCUT2D eigenvalue weighted by Crippen LogP contribution is -2.55. The number of hydrogen-bond acceptors (Lipinski definition) is 10. The van der Waals surface area contributed by atoms with Crippen molar-refractivity contribution in [3.05, 3.63) is 112 Å². The van der Waals surface area contributed by atoms with Crippen LogP contribution in [-0.4, -0.2) is 59.0 Å². The number of ether oxygens (including phenoxy) is 3. The van der Waals surface area contributed by atoms with E-state index in [0.29, 0.717) is 12.0 Å². The van der Waals surface area contributed by atoms with Crippen LogP contribution in [0.2, 0.25) is 0 Å². The topological polar surface area (TPSA) is 192 Å². The highest BCUT2D eigenvalue weighted by Crippen LogP contribution is 2.21. The predicted octanol–water partition coefficient (Wildman–Crippen LogP) is 6.34. The van der Waals surface area contributed by atoms with Crippen LogP contribution in [0.5, 0.6) is 0 Å². The van der Waals surface area contributed by atoms with Crippen molar-refractivity contribution >= 4 is 35.5 Å². The number of nitrogens with zero attached hydrogens (tertiary/aromatic N) is 1. The van der Waals surface area contributed by atoms with E-state index in [4.69, 9.17) is 14.2 Å². The monoisotopic (exact) mass is 774 g/mol. The Bertz CT molecular complexity index is 1720. The third kappa shape index (κ3) is 15.9. The molecule has 0 aliphatic rings. The number of alkyl carbamates (subject to hydrolysis) is 1. The van der Waals surface area contributed by atoms with Crippen LogP contribution < -0.4 is 16.0 Å². The molecule has 0 unspecified atom stereocenters. The molecule has 302 valence electrons. The molecule has 0 bridgehead atoms. The van der Waals surface area contributed by atoms with E-state index in [-0.39, 0.29) is 50.0 Å². The second-order valence-electron chi connectivity index (χ2n) is 14.3. The van der Waals surface area contributed by atoms with Gasteiger partial charge in [0.25, 0.3) is 5.69 Å². The van der Waals surface area contributed by atoms with Crippen LogP contribution in [0.25, 0.3) is 0 Å². The van der Waals surface area contributed by atoms with Gasteiger partial charge in [-0.2, -0.15) is 0 Å². The number of carbonyl (C=O) groups is 5. The second kappa shape index (κ2) is 23.2. The molecule has 14 heteroatoms. The molecule has 3 rings (SSSR count). The highest BCUT2D eigenvalue weighted by atomic mass is 16.6. The number of non-ortho nitro benzene ring substituents is 1. The molecule has 14 nitrogen and oxygen atoms in total. The fourth-order valence-electron chi connectivity index (χ4n) is 5.73. The summed E-state index contributed by atoms with van der Waals surface area (Å²) in [5.41, 5.74) is 2.01. The minimum atomic E-state index is -1.11. The van der Waals surface area contributed by atoms with Gasteiger partial charge >= 0.3 is 18.0 Å². The molecule has 56 heavy (non-hydrogen) atoms. The van der Waals surface area contributed by atoms with Crippen molar-refractivity contribution in [1.29, 1.82) is 0 Å². The molecule has 5 atom stereocenters. The Labute approximate surface area is 328 Å². The largest absolute Gasteiger partial charge is 0.461 e. The molecule has 0 saturated carbocycles. The summed E-state index contributed by atoms with van der Waals surface area (Å²) in [7, 11) is 0. The minimum Gasteiger partial charge on any atom is -0.461 e. The lowest BCUT2D eigenvalue weighted by molar-refractivity contribution is -0.384. The Hall–Kier alpha value is -5.79. The van der Waals surface area contributed by atoms with Gasteiger partial charge in [-0.05, 0) is 60.4 Å². The van der Waals surface area contributed by atoms with E-state index >= 15 is 0 Å². The number of benzene rings is 3. The summed E-state index contributed by atoms with van der Waals surface area (Å²) >= 11 is 0. The molecule has 3 N–H and O–H groups in total. The van der Waals surface area contributed by atoms with Gasteiger partial charge in [-0.25, -0.2) is 9.59 Å². The number of carbonyl (C=O) groups excluding carboxylic acids is 5. The van der Waals surface area contributed by atoms with E-state index in [9.17, 15) is 34.1 Å². The molecule has 0 aliphatic heterocycles. The summed E-state index contributed by atoms with van der Waals surface area (Å²) < 4.78 is 16.7. The quantitative estimate of drug-likeness (QED) is 0.0449. The first-order chi connectivity index (χ1) is 26.7. The third-order valence-electron chi connectivity index (χ3n) is 8.99. The van der Waals surface area contributed by atoms with Crippen LogP contribution >= 0.6 is 0 Å². The second-order valence-corrected chi connectivity index (χ2v) is 14.3. The van der Waals surface area contributed by atoms with E-state index < -0.39 is 59.0 Å². The maximum absolute atomic E-state index is 13.7. The molecular weight excluding hydrogens is 720 g/mol. The maximum Gasteiger partial charge on any atom is 0.408 e. The number of rotatable bonds is 22. The van der Waals surface area contributed by atoms with Gasteiger partial charge in [-0.1, -0.05) is 101 Å². The van der Waals surface area contributed by atoms with Crippen LogP contribution in [0, 0.1) is 22.0 Å². The standard InChI is InChI=1S/C42H54N4O10/c1-6-7-14-29(4)37(25-38(47)54-26-33-19-21-34(22-20-33)46(52)53)56-41(50)36(23-28(2)3)44-39(48)30(5)43-40(49)35(24-31-15-10-8-11-16-31)45-42(51)55-27-32-17-12-9-13-18-32/h8-13,15-22,28-30,35-37H,6-7,14,23-27H2,1-5H3,(H,43,49)(H,44,48)(H,45,51)/t29-,30-,35-,36+,37-/m0/s1. The van der Waals surface area contributed by atoms with Gasteiger partial charge in [0.05, 0.1) is 11.3 Å². The normalized spacial score (nSPS) is 13.6. The van der Waals surface area contributed by atoms with Gasteiger partial charge in [0, 0.05) is 18.6 Å². The molecule has 3 amide bonds. The van der Waals surface area contributed by atoms with Crippen LogP contribution in [0.3, 0.4) is 0 Å². The average molecular weight is 775 g/mol. The van der Waals surface area contributed by atoms with Gasteiger partial charge in [0.1, 0.15) is 37.4 Å². The van der Waals surface area contributed by atoms with E-state index in [1.54, 1.807) is 12.1 Å². The van der Waals surface area contributed by atoms with Crippen LogP contribution in [0.15, 0.2) is 84.9 Å². The van der Waals surface area contributed by atoms with Gasteiger partial charge in [0.2, 0.25) is 11.8 Å². The molecule has 0 aromatic heterocycles. The van der Waals surface area contributed by atoms with Crippen molar-refractivity contribution in [3.8, 4) is 0 Å². The number of esters is 2. The van der Waals surface area contributed by atoms with E-state index in [2.05, 4.69) is 16.0 Å². The molecule has 0 fully saturated rings. The first-order valence-corrected chi connectivity index (χ1v) is 19.0. The fourth-order valence-corrected chi connectivity index (χ4v) is 5.73. The van der Waals surface area contributed by atoms with Crippen molar-refractivity contribution in [2.75, 3.05) is 0 Å². The van der Waals surface area contributed by atoms with E-state index in [1.165, 1.54) is 31.2 Å². The Balaban J connectivity index is 1.66. The average Bonchev–Trinajstić information content (AvgIpc) is 3.18. The summed E-state index contributed by atoms with van der Waals surface area (Å²) in [6.45, 7) is 9.01. The lowest BCUT2D eigenvalue weighted by atomic mass is 9.95. The van der Waals surface area contributed by atoms with Crippen molar-refractivity contribution in [2.45, 2.75) is 111 Å². The number of nitro groups is 1.